The van der Waals surface area contributed by atoms with E-state index in [0.717, 1.165) is 32.4 Å². The van der Waals surface area contributed by atoms with E-state index >= 15 is 0 Å². The zero-order valence-corrected chi connectivity index (χ0v) is 6.60. The molecule has 3 nitrogen and oxygen atoms in total. The van der Waals surface area contributed by atoms with Gasteiger partial charge in [-0.05, 0) is 25.8 Å². The summed E-state index contributed by atoms with van der Waals surface area (Å²) in [5, 5.41) is 6.29. The molecule has 0 bridgehead atoms. The predicted octanol–water partition coefficient (Wildman–Crippen LogP) is -0.126. The van der Waals surface area contributed by atoms with E-state index in [9.17, 15) is 4.79 Å². The van der Waals surface area contributed by atoms with E-state index in [4.69, 9.17) is 0 Å². The summed E-state index contributed by atoms with van der Waals surface area (Å²) >= 11 is 0. The predicted molar refractivity (Wildman–Crippen MR) is 42.1 cm³/mol. The van der Waals surface area contributed by atoms with Crippen molar-refractivity contribution in [2.24, 2.45) is 5.92 Å². The average molecular weight is 154 g/mol. The highest BCUT2D eigenvalue weighted by Gasteiger charge is 2.33. The third-order valence-electron chi connectivity index (χ3n) is 2.68. The van der Waals surface area contributed by atoms with Gasteiger partial charge in [-0.2, -0.15) is 0 Å². The number of rotatable bonds is 0. The first-order valence-electron chi connectivity index (χ1n) is 4.39. The van der Waals surface area contributed by atoms with Gasteiger partial charge < -0.3 is 10.6 Å². The summed E-state index contributed by atoms with van der Waals surface area (Å²) in [6, 6.07) is 0.470. The summed E-state index contributed by atoms with van der Waals surface area (Å²) in [7, 11) is 0. The van der Waals surface area contributed by atoms with Crippen molar-refractivity contribution in [1.82, 2.24) is 10.6 Å². The standard InChI is InChI=1S/C8H14N2O/c11-8-6-2-1-4-9-7(6)3-5-10-8/h6-7,9H,1-5H2,(H,10,11). The van der Waals surface area contributed by atoms with Gasteiger partial charge >= 0.3 is 0 Å². The molecule has 0 aromatic carbocycles. The van der Waals surface area contributed by atoms with Crippen molar-refractivity contribution in [3.63, 3.8) is 0 Å². The highest BCUT2D eigenvalue weighted by Crippen LogP contribution is 2.21. The maximum Gasteiger partial charge on any atom is 0.224 e. The summed E-state index contributed by atoms with van der Waals surface area (Å²) in [6.45, 7) is 1.95. The molecule has 2 atom stereocenters. The summed E-state index contributed by atoms with van der Waals surface area (Å²) in [6.07, 6.45) is 3.33. The van der Waals surface area contributed by atoms with Gasteiger partial charge in [-0.1, -0.05) is 0 Å². The van der Waals surface area contributed by atoms with E-state index in [-0.39, 0.29) is 11.8 Å². The Balaban J connectivity index is 2.05. The maximum atomic E-state index is 11.3. The minimum absolute atomic E-state index is 0.258. The van der Waals surface area contributed by atoms with Gasteiger partial charge in [-0.25, -0.2) is 0 Å². The molecule has 0 saturated carbocycles. The van der Waals surface area contributed by atoms with Gasteiger partial charge in [-0.3, -0.25) is 4.79 Å². The first kappa shape index (κ1) is 7.10. The first-order chi connectivity index (χ1) is 5.38. The number of carbonyl (C=O) groups is 1. The molecule has 2 heterocycles. The first-order valence-corrected chi connectivity index (χ1v) is 4.39. The van der Waals surface area contributed by atoms with Crippen molar-refractivity contribution in [1.29, 1.82) is 0 Å². The van der Waals surface area contributed by atoms with E-state index in [1.165, 1.54) is 0 Å². The molecule has 62 valence electrons. The molecule has 0 aromatic rings. The van der Waals surface area contributed by atoms with Crippen LogP contribution in [0.2, 0.25) is 0 Å². The monoisotopic (exact) mass is 154 g/mol. The number of piperidine rings is 2. The van der Waals surface area contributed by atoms with Crippen LogP contribution >= 0.6 is 0 Å². The zero-order chi connectivity index (χ0) is 7.68. The van der Waals surface area contributed by atoms with Crippen LogP contribution in [0.1, 0.15) is 19.3 Å². The normalized spacial score (nSPS) is 37.6. The number of amides is 1. The van der Waals surface area contributed by atoms with Gasteiger partial charge in [-0.15, -0.1) is 0 Å². The fourth-order valence-electron chi connectivity index (χ4n) is 2.05. The minimum Gasteiger partial charge on any atom is -0.356 e. The summed E-state index contributed by atoms with van der Waals surface area (Å²) in [5.74, 6) is 0.519. The minimum atomic E-state index is 0.258. The van der Waals surface area contributed by atoms with Gasteiger partial charge in [0, 0.05) is 12.6 Å². The van der Waals surface area contributed by atoms with Crippen LogP contribution in [-0.4, -0.2) is 25.0 Å². The number of hydrogen-bond acceptors (Lipinski definition) is 2. The van der Waals surface area contributed by atoms with Crippen LogP contribution in [0.15, 0.2) is 0 Å². The Bertz CT molecular complexity index is 167. The Labute approximate surface area is 66.5 Å². The summed E-state index contributed by atoms with van der Waals surface area (Å²) in [4.78, 5) is 11.3. The van der Waals surface area contributed by atoms with Gasteiger partial charge in [0.2, 0.25) is 5.91 Å². The molecule has 3 heteroatoms. The van der Waals surface area contributed by atoms with E-state index < -0.39 is 0 Å². The molecule has 2 saturated heterocycles. The highest BCUT2D eigenvalue weighted by atomic mass is 16.2. The number of fused-ring (bicyclic) bond motifs is 1. The van der Waals surface area contributed by atoms with Crippen molar-refractivity contribution >= 4 is 5.91 Å². The van der Waals surface area contributed by atoms with Crippen molar-refractivity contribution in [2.45, 2.75) is 25.3 Å². The van der Waals surface area contributed by atoms with Gasteiger partial charge in [0.25, 0.3) is 0 Å². The lowest BCUT2D eigenvalue weighted by atomic mass is 9.86. The molecule has 2 unspecified atom stereocenters. The van der Waals surface area contributed by atoms with Crippen LogP contribution < -0.4 is 10.6 Å². The summed E-state index contributed by atoms with van der Waals surface area (Å²) in [5.41, 5.74) is 0. The molecule has 0 aromatic heterocycles. The average Bonchev–Trinajstić information content (AvgIpc) is 2.06. The van der Waals surface area contributed by atoms with Crippen LogP contribution in [0, 0.1) is 5.92 Å². The molecule has 2 N–H and O–H groups in total. The fraction of sp³-hybridized carbons (Fsp3) is 0.875. The summed E-state index contributed by atoms with van der Waals surface area (Å²) < 4.78 is 0. The van der Waals surface area contributed by atoms with Crippen LogP contribution in [0.4, 0.5) is 0 Å². The third-order valence-corrected chi connectivity index (χ3v) is 2.68. The Kier molecular flexibility index (Phi) is 1.82. The van der Waals surface area contributed by atoms with Crippen LogP contribution in [0.3, 0.4) is 0 Å². The van der Waals surface area contributed by atoms with Crippen molar-refractivity contribution < 1.29 is 4.79 Å². The lowest BCUT2D eigenvalue weighted by molar-refractivity contribution is -0.128. The molecule has 11 heavy (non-hydrogen) atoms. The van der Waals surface area contributed by atoms with Crippen LogP contribution in [0.5, 0.6) is 0 Å². The molecule has 0 radical (unpaired) electrons. The largest absolute Gasteiger partial charge is 0.356 e. The van der Waals surface area contributed by atoms with Gasteiger partial charge in [0.15, 0.2) is 0 Å². The topological polar surface area (TPSA) is 41.1 Å². The fourth-order valence-corrected chi connectivity index (χ4v) is 2.05. The zero-order valence-electron chi connectivity index (χ0n) is 6.60. The van der Waals surface area contributed by atoms with E-state index in [2.05, 4.69) is 10.6 Å². The lowest BCUT2D eigenvalue weighted by Crippen LogP contribution is -2.53. The SMILES string of the molecule is O=C1NCCC2NCCCC12. The Hall–Kier alpha value is -0.570. The Morgan fingerprint density at radius 1 is 1.27 bits per heavy atom. The van der Waals surface area contributed by atoms with E-state index in [0.29, 0.717) is 6.04 Å². The van der Waals surface area contributed by atoms with E-state index in [1.54, 1.807) is 0 Å². The Morgan fingerprint density at radius 2 is 2.18 bits per heavy atom. The second kappa shape index (κ2) is 2.81. The van der Waals surface area contributed by atoms with Crippen molar-refractivity contribution in [2.75, 3.05) is 13.1 Å². The molecule has 2 aliphatic heterocycles. The molecule has 2 aliphatic rings. The second-order valence-corrected chi connectivity index (χ2v) is 3.39. The number of carbonyl (C=O) groups excluding carboxylic acids is 1. The van der Waals surface area contributed by atoms with Crippen molar-refractivity contribution in [3.05, 3.63) is 0 Å². The maximum absolute atomic E-state index is 11.3. The molecule has 1 amide bonds. The highest BCUT2D eigenvalue weighted by molar-refractivity contribution is 5.80. The quantitative estimate of drug-likeness (QED) is 0.510. The third kappa shape index (κ3) is 1.25. The lowest BCUT2D eigenvalue weighted by Gasteiger charge is -2.35. The number of hydrogen-bond donors (Lipinski definition) is 2. The van der Waals surface area contributed by atoms with Crippen LogP contribution in [0.25, 0.3) is 0 Å². The second-order valence-electron chi connectivity index (χ2n) is 3.39. The molecule has 2 rings (SSSR count). The Morgan fingerprint density at radius 3 is 3.00 bits per heavy atom. The van der Waals surface area contributed by atoms with Gasteiger partial charge in [0.05, 0.1) is 5.92 Å². The van der Waals surface area contributed by atoms with Crippen LogP contribution in [-0.2, 0) is 4.79 Å². The number of nitrogens with one attached hydrogen (secondary N) is 2. The molecular weight excluding hydrogens is 140 g/mol. The molecule has 2 fully saturated rings. The molecule has 0 spiro atoms. The smallest absolute Gasteiger partial charge is 0.224 e. The van der Waals surface area contributed by atoms with Gasteiger partial charge in [0.1, 0.15) is 0 Å². The molecule has 0 aliphatic carbocycles. The van der Waals surface area contributed by atoms with E-state index in [1.807, 2.05) is 0 Å². The van der Waals surface area contributed by atoms with Crippen molar-refractivity contribution in [3.8, 4) is 0 Å². The molecular formula is C8H14N2O.